The van der Waals surface area contributed by atoms with Crippen LogP contribution in [-0.4, -0.2) is 25.4 Å². The number of hydrogen-bond acceptors (Lipinski definition) is 2. The highest BCUT2D eigenvalue weighted by Crippen LogP contribution is 2.12. The van der Waals surface area contributed by atoms with Crippen molar-refractivity contribution in [2.75, 3.05) is 20.3 Å². The molecule has 0 spiro atoms. The van der Waals surface area contributed by atoms with Crippen molar-refractivity contribution in [2.45, 2.75) is 89.9 Å². The number of rotatable bonds is 16. The lowest BCUT2D eigenvalue weighted by Gasteiger charge is -2.03. The average molecular weight is 272 g/mol. The van der Waals surface area contributed by atoms with E-state index in [9.17, 15) is 0 Å². The first-order valence-corrected chi connectivity index (χ1v) is 8.51. The normalized spacial score (nSPS) is 11.1. The highest BCUT2D eigenvalue weighted by atomic mass is 16.5. The fraction of sp³-hybridized carbons (Fsp3) is 1.00. The number of aliphatic hydroxyl groups excluding tert-OH is 1. The van der Waals surface area contributed by atoms with E-state index >= 15 is 0 Å². The maximum Gasteiger partial charge on any atom is 0.0462 e. The van der Waals surface area contributed by atoms with Gasteiger partial charge < -0.3 is 9.84 Å². The second-order valence-electron chi connectivity index (χ2n) is 5.67. The summed E-state index contributed by atoms with van der Waals surface area (Å²) >= 11 is 0. The molecule has 0 atom stereocenters. The zero-order valence-electron chi connectivity index (χ0n) is 13.2. The predicted molar refractivity (Wildman–Crippen MR) is 83.6 cm³/mol. The summed E-state index contributed by atoms with van der Waals surface area (Å²) in [6.07, 6.45) is 18.7. The lowest BCUT2D eigenvalue weighted by molar-refractivity contribution is 0.192. The molecule has 0 bridgehead atoms. The quantitative estimate of drug-likeness (QED) is 0.397. The van der Waals surface area contributed by atoms with Crippen LogP contribution in [-0.2, 0) is 4.74 Å². The van der Waals surface area contributed by atoms with Gasteiger partial charge in [0, 0.05) is 20.3 Å². The third-order valence-corrected chi connectivity index (χ3v) is 3.76. The molecule has 0 aromatic heterocycles. The van der Waals surface area contributed by atoms with Crippen LogP contribution in [0.5, 0.6) is 0 Å². The fourth-order valence-corrected chi connectivity index (χ4v) is 2.48. The van der Waals surface area contributed by atoms with Crippen molar-refractivity contribution in [2.24, 2.45) is 0 Å². The summed E-state index contributed by atoms with van der Waals surface area (Å²) < 4.78 is 5.04. The van der Waals surface area contributed by atoms with Crippen molar-refractivity contribution in [1.82, 2.24) is 0 Å². The molecule has 0 fully saturated rings. The van der Waals surface area contributed by atoms with Gasteiger partial charge in [-0.05, 0) is 12.8 Å². The summed E-state index contributed by atoms with van der Waals surface area (Å²) in [6, 6.07) is 0. The summed E-state index contributed by atoms with van der Waals surface area (Å²) in [7, 11) is 1.78. The summed E-state index contributed by atoms with van der Waals surface area (Å²) in [5, 5.41) is 8.66. The van der Waals surface area contributed by atoms with E-state index in [2.05, 4.69) is 0 Å². The number of ether oxygens (including phenoxy) is 1. The van der Waals surface area contributed by atoms with Crippen LogP contribution in [0.3, 0.4) is 0 Å². The van der Waals surface area contributed by atoms with Gasteiger partial charge in [-0.15, -0.1) is 0 Å². The van der Waals surface area contributed by atoms with Gasteiger partial charge in [-0.2, -0.15) is 0 Å². The summed E-state index contributed by atoms with van der Waals surface area (Å²) in [5.74, 6) is 0. The van der Waals surface area contributed by atoms with Gasteiger partial charge >= 0.3 is 0 Å². The van der Waals surface area contributed by atoms with E-state index in [0.717, 1.165) is 13.0 Å². The first-order chi connectivity index (χ1) is 9.41. The minimum Gasteiger partial charge on any atom is -0.396 e. The molecular weight excluding hydrogens is 236 g/mol. The molecule has 0 heterocycles. The maximum absolute atomic E-state index is 8.66. The van der Waals surface area contributed by atoms with E-state index in [0.29, 0.717) is 6.61 Å². The molecule has 2 nitrogen and oxygen atoms in total. The largest absolute Gasteiger partial charge is 0.396 e. The Kier molecular flexibility index (Phi) is 17.8. The minimum atomic E-state index is 0.367. The molecule has 0 unspecified atom stereocenters. The molecule has 1 N–H and O–H groups in total. The molecule has 0 aromatic rings. The van der Waals surface area contributed by atoms with Crippen LogP contribution in [0, 0.1) is 0 Å². The first-order valence-electron chi connectivity index (χ1n) is 8.51. The standard InChI is InChI=1S/C17H36O2/c1-19-17-15-13-11-9-7-5-3-2-4-6-8-10-12-14-16-18/h18H,2-17H2,1H3. The molecule has 19 heavy (non-hydrogen) atoms. The Labute approximate surface area is 120 Å². The Bertz CT molecular complexity index is 132. The second-order valence-corrected chi connectivity index (χ2v) is 5.67. The van der Waals surface area contributed by atoms with Gasteiger partial charge in [0.25, 0.3) is 0 Å². The van der Waals surface area contributed by atoms with Crippen LogP contribution in [0.25, 0.3) is 0 Å². The molecule has 0 amide bonds. The van der Waals surface area contributed by atoms with Crippen molar-refractivity contribution in [3.8, 4) is 0 Å². The van der Waals surface area contributed by atoms with E-state index in [1.54, 1.807) is 7.11 Å². The van der Waals surface area contributed by atoms with Crippen LogP contribution in [0.2, 0.25) is 0 Å². The van der Waals surface area contributed by atoms with Crippen molar-refractivity contribution < 1.29 is 9.84 Å². The van der Waals surface area contributed by atoms with Crippen molar-refractivity contribution in [1.29, 1.82) is 0 Å². The Balaban J connectivity index is 2.88. The molecule has 0 rings (SSSR count). The van der Waals surface area contributed by atoms with Gasteiger partial charge in [0.1, 0.15) is 0 Å². The number of unbranched alkanes of at least 4 members (excludes halogenated alkanes) is 13. The molecule has 0 aromatic carbocycles. The number of methoxy groups -OCH3 is 1. The van der Waals surface area contributed by atoms with Gasteiger partial charge in [-0.1, -0.05) is 77.0 Å². The van der Waals surface area contributed by atoms with Crippen LogP contribution < -0.4 is 0 Å². The predicted octanol–water partition coefficient (Wildman–Crippen LogP) is 5.09. The second kappa shape index (κ2) is 17.9. The molecule has 0 saturated carbocycles. The SMILES string of the molecule is COCCCCCCCCCCCCCCCCO. The molecule has 0 saturated heterocycles. The summed E-state index contributed by atoms with van der Waals surface area (Å²) in [5.41, 5.74) is 0. The molecule has 0 aliphatic rings. The zero-order valence-corrected chi connectivity index (χ0v) is 13.2. The summed E-state index contributed by atoms with van der Waals surface area (Å²) in [6.45, 7) is 1.30. The van der Waals surface area contributed by atoms with Crippen LogP contribution >= 0.6 is 0 Å². The topological polar surface area (TPSA) is 29.5 Å². The monoisotopic (exact) mass is 272 g/mol. The van der Waals surface area contributed by atoms with Gasteiger partial charge in [-0.25, -0.2) is 0 Å². The Morgan fingerprint density at radius 2 is 0.842 bits per heavy atom. The smallest absolute Gasteiger partial charge is 0.0462 e. The van der Waals surface area contributed by atoms with E-state index in [1.807, 2.05) is 0 Å². The summed E-state index contributed by atoms with van der Waals surface area (Å²) in [4.78, 5) is 0. The van der Waals surface area contributed by atoms with Crippen molar-refractivity contribution in [3.63, 3.8) is 0 Å². The average Bonchev–Trinajstić information content (AvgIpc) is 2.43. The van der Waals surface area contributed by atoms with Crippen LogP contribution in [0.1, 0.15) is 89.9 Å². The van der Waals surface area contributed by atoms with E-state index in [-0.39, 0.29) is 0 Å². The molecule has 116 valence electrons. The Morgan fingerprint density at radius 3 is 1.16 bits per heavy atom. The molecule has 0 aliphatic heterocycles. The molecule has 0 aliphatic carbocycles. The van der Waals surface area contributed by atoms with Gasteiger partial charge in [-0.3, -0.25) is 0 Å². The van der Waals surface area contributed by atoms with E-state index in [4.69, 9.17) is 9.84 Å². The third kappa shape index (κ3) is 17.9. The molecule has 0 radical (unpaired) electrons. The van der Waals surface area contributed by atoms with Crippen molar-refractivity contribution >= 4 is 0 Å². The highest BCUT2D eigenvalue weighted by Gasteiger charge is 1.94. The van der Waals surface area contributed by atoms with Crippen molar-refractivity contribution in [3.05, 3.63) is 0 Å². The molecular formula is C17H36O2. The fourth-order valence-electron chi connectivity index (χ4n) is 2.48. The minimum absolute atomic E-state index is 0.367. The number of aliphatic hydroxyl groups is 1. The van der Waals surface area contributed by atoms with Gasteiger partial charge in [0.15, 0.2) is 0 Å². The van der Waals surface area contributed by atoms with Gasteiger partial charge in [0.05, 0.1) is 0 Å². The van der Waals surface area contributed by atoms with Gasteiger partial charge in [0.2, 0.25) is 0 Å². The van der Waals surface area contributed by atoms with E-state index < -0.39 is 0 Å². The Morgan fingerprint density at radius 1 is 0.526 bits per heavy atom. The zero-order chi connectivity index (χ0) is 14.0. The first kappa shape index (κ1) is 18.9. The third-order valence-electron chi connectivity index (χ3n) is 3.76. The Hall–Kier alpha value is -0.0800. The molecule has 2 heteroatoms. The maximum atomic E-state index is 8.66. The van der Waals surface area contributed by atoms with Crippen LogP contribution in [0.15, 0.2) is 0 Å². The van der Waals surface area contributed by atoms with E-state index in [1.165, 1.54) is 83.5 Å². The number of hydrogen-bond donors (Lipinski definition) is 1. The highest BCUT2D eigenvalue weighted by molar-refractivity contribution is 4.49. The lowest BCUT2D eigenvalue weighted by atomic mass is 10.0. The lowest BCUT2D eigenvalue weighted by Crippen LogP contribution is -1.88. The van der Waals surface area contributed by atoms with Crippen LogP contribution in [0.4, 0.5) is 0 Å².